The predicted octanol–water partition coefficient (Wildman–Crippen LogP) is 4.20. The maximum Gasteiger partial charge on any atom is 0.446 e. The van der Waals surface area contributed by atoms with Crippen LogP contribution in [0.15, 0.2) is 23.1 Å². The molecule has 1 rings (SSSR count). The van der Waals surface area contributed by atoms with Crippen LogP contribution in [0.5, 0.6) is 0 Å². The van der Waals surface area contributed by atoms with Crippen molar-refractivity contribution in [2.24, 2.45) is 0 Å². The minimum atomic E-state index is -4.37. The lowest BCUT2D eigenvalue weighted by Crippen LogP contribution is -1.99. The third kappa shape index (κ3) is 4.55. The van der Waals surface area contributed by atoms with E-state index in [1.54, 1.807) is 13.3 Å². The van der Waals surface area contributed by atoms with E-state index in [1.165, 1.54) is 12.1 Å². The molecule has 5 heteroatoms. The average Bonchev–Trinajstić information content (AvgIpc) is 1.99. The molecule has 83 valence electrons. The third-order valence-corrected chi connectivity index (χ3v) is 2.31. The summed E-state index contributed by atoms with van der Waals surface area (Å²) < 4.78 is 49.0. The van der Waals surface area contributed by atoms with Gasteiger partial charge in [0.25, 0.3) is 0 Å². The lowest BCUT2D eigenvalue weighted by Gasteiger charge is -2.07. The van der Waals surface area contributed by atoms with Gasteiger partial charge < -0.3 is 0 Å². The van der Waals surface area contributed by atoms with Crippen LogP contribution in [-0.4, -0.2) is 5.51 Å². The van der Waals surface area contributed by atoms with Gasteiger partial charge >= 0.3 is 5.51 Å². The van der Waals surface area contributed by atoms with E-state index in [0.29, 0.717) is 12.0 Å². The quantitative estimate of drug-likeness (QED) is 0.560. The smallest absolute Gasteiger partial charge is 0.207 e. The average molecular weight is 237 g/mol. The van der Waals surface area contributed by atoms with Crippen LogP contribution in [0, 0.1) is 12.2 Å². The van der Waals surface area contributed by atoms with Crippen LogP contribution in [0.4, 0.5) is 17.6 Å². The molecular weight excluding hydrogens is 228 g/mol. The first kappa shape index (κ1) is 12.4. The Morgan fingerprint density at radius 2 is 1.93 bits per heavy atom. The fraction of sp³-hybridized carbons (Fsp3) is 0.300. The monoisotopic (exact) mass is 237 g/mol. The second-order valence-corrected chi connectivity index (χ2v) is 4.09. The lowest BCUT2D eigenvalue weighted by molar-refractivity contribution is -0.0328. The van der Waals surface area contributed by atoms with Gasteiger partial charge in [-0.25, -0.2) is 4.39 Å². The molecule has 0 atom stereocenters. The Labute approximate surface area is 89.7 Å². The Morgan fingerprint density at radius 3 is 2.47 bits per heavy atom. The van der Waals surface area contributed by atoms with Crippen molar-refractivity contribution in [3.05, 3.63) is 36.0 Å². The fourth-order valence-corrected chi connectivity index (χ4v) is 1.82. The molecule has 15 heavy (non-hydrogen) atoms. The van der Waals surface area contributed by atoms with Gasteiger partial charge in [-0.1, -0.05) is 6.92 Å². The molecule has 1 radical (unpaired) electrons. The van der Waals surface area contributed by atoms with Crippen LogP contribution in [0.2, 0.25) is 0 Å². The summed E-state index contributed by atoms with van der Waals surface area (Å²) in [6, 6.07) is 3.47. The largest absolute Gasteiger partial charge is 0.446 e. The van der Waals surface area contributed by atoms with E-state index < -0.39 is 11.3 Å². The molecule has 0 saturated heterocycles. The normalized spacial score (nSPS) is 11.8. The molecule has 0 aliphatic heterocycles. The molecule has 0 unspecified atom stereocenters. The first-order chi connectivity index (χ1) is 6.90. The number of rotatable bonds is 3. The molecule has 0 aliphatic rings. The number of hydrogen-bond donors (Lipinski definition) is 0. The summed E-state index contributed by atoms with van der Waals surface area (Å²) in [6.07, 6.45) is 2.22. The van der Waals surface area contributed by atoms with E-state index in [2.05, 4.69) is 0 Å². The van der Waals surface area contributed by atoms with Crippen molar-refractivity contribution in [3.8, 4) is 0 Å². The zero-order valence-corrected chi connectivity index (χ0v) is 8.75. The van der Waals surface area contributed by atoms with Gasteiger partial charge in [-0.15, -0.1) is 0 Å². The zero-order chi connectivity index (χ0) is 11.5. The molecule has 0 spiro atoms. The molecule has 0 heterocycles. The second kappa shape index (κ2) is 4.88. The summed E-state index contributed by atoms with van der Waals surface area (Å²) >= 11 is -0.299. The van der Waals surface area contributed by atoms with E-state index in [-0.39, 0.29) is 16.7 Å². The summed E-state index contributed by atoms with van der Waals surface area (Å²) in [7, 11) is 0. The molecule has 0 bridgehead atoms. The fourth-order valence-electron chi connectivity index (χ4n) is 1.17. The zero-order valence-electron chi connectivity index (χ0n) is 7.94. The van der Waals surface area contributed by atoms with Crippen LogP contribution in [0.1, 0.15) is 12.5 Å². The lowest BCUT2D eigenvalue weighted by atomic mass is 10.1. The molecule has 0 N–H and O–H groups in total. The minimum Gasteiger partial charge on any atom is -0.207 e. The molecule has 0 fully saturated rings. The molecular formula is C10H9F4S. The van der Waals surface area contributed by atoms with E-state index in [4.69, 9.17) is 0 Å². The SMILES string of the molecule is C[CH]Cc1cc(F)cc(SC(F)(F)F)c1. The first-order valence-corrected chi connectivity index (χ1v) is 5.05. The van der Waals surface area contributed by atoms with Crippen molar-refractivity contribution in [1.82, 2.24) is 0 Å². The van der Waals surface area contributed by atoms with Gasteiger partial charge in [0, 0.05) is 4.90 Å². The maximum absolute atomic E-state index is 12.9. The number of halogens is 4. The maximum atomic E-state index is 12.9. The Hall–Kier alpha value is -0.710. The third-order valence-electron chi connectivity index (χ3n) is 1.60. The van der Waals surface area contributed by atoms with Crippen LogP contribution < -0.4 is 0 Å². The summed E-state index contributed by atoms with van der Waals surface area (Å²) in [5.74, 6) is -0.638. The number of benzene rings is 1. The molecule has 1 aromatic rings. The van der Waals surface area contributed by atoms with Crippen molar-refractivity contribution in [2.45, 2.75) is 23.7 Å². The van der Waals surface area contributed by atoms with E-state index in [1.807, 2.05) is 0 Å². The summed E-state index contributed by atoms with van der Waals surface area (Å²) in [6.45, 7) is 1.77. The summed E-state index contributed by atoms with van der Waals surface area (Å²) in [5.41, 5.74) is -3.83. The van der Waals surface area contributed by atoms with Gasteiger partial charge in [0.2, 0.25) is 0 Å². The highest BCUT2D eigenvalue weighted by atomic mass is 32.2. The van der Waals surface area contributed by atoms with Gasteiger partial charge in [0.05, 0.1) is 0 Å². The predicted molar refractivity (Wildman–Crippen MR) is 52.0 cm³/mol. The van der Waals surface area contributed by atoms with Gasteiger partial charge in [-0.2, -0.15) is 13.2 Å². The minimum absolute atomic E-state index is 0.112. The number of alkyl halides is 3. The van der Waals surface area contributed by atoms with Crippen LogP contribution >= 0.6 is 11.8 Å². The molecule has 0 aromatic heterocycles. The topological polar surface area (TPSA) is 0 Å². The van der Waals surface area contributed by atoms with Crippen LogP contribution in [0.25, 0.3) is 0 Å². The first-order valence-electron chi connectivity index (χ1n) is 4.24. The molecule has 0 amide bonds. The standard InChI is InChI=1S/C10H9F4S/c1-2-3-7-4-8(11)6-9(5-7)15-10(12,13)14/h2,4-6H,3H2,1H3. The Bertz CT molecular complexity index is 333. The van der Waals surface area contributed by atoms with E-state index in [9.17, 15) is 17.6 Å². The van der Waals surface area contributed by atoms with Crippen molar-refractivity contribution >= 4 is 11.8 Å². The summed E-state index contributed by atoms with van der Waals surface area (Å²) in [4.78, 5) is -0.112. The molecule has 0 saturated carbocycles. The van der Waals surface area contributed by atoms with Crippen molar-refractivity contribution in [2.75, 3.05) is 0 Å². The number of thioether (sulfide) groups is 1. The van der Waals surface area contributed by atoms with E-state index in [0.717, 1.165) is 6.07 Å². The van der Waals surface area contributed by atoms with Crippen molar-refractivity contribution < 1.29 is 17.6 Å². The van der Waals surface area contributed by atoms with Crippen LogP contribution in [0.3, 0.4) is 0 Å². The van der Waals surface area contributed by atoms with E-state index >= 15 is 0 Å². The molecule has 0 aliphatic carbocycles. The van der Waals surface area contributed by atoms with Crippen LogP contribution in [-0.2, 0) is 6.42 Å². The highest BCUT2D eigenvalue weighted by Gasteiger charge is 2.29. The summed E-state index contributed by atoms with van der Waals surface area (Å²) in [5, 5.41) is 0. The Balaban J connectivity index is 2.88. The molecule has 1 aromatic carbocycles. The Kier molecular flexibility index (Phi) is 4.02. The Morgan fingerprint density at radius 1 is 1.27 bits per heavy atom. The van der Waals surface area contributed by atoms with Crippen molar-refractivity contribution in [3.63, 3.8) is 0 Å². The molecule has 0 nitrogen and oxygen atoms in total. The highest BCUT2D eigenvalue weighted by molar-refractivity contribution is 8.00. The van der Waals surface area contributed by atoms with Gasteiger partial charge in [-0.05, 0) is 48.4 Å². The highest BCUT2D eigenvalue weighted by Crippen LogP contribution is 2.37. The second-order valence-electron chi connectivity index (χ2n) is 2.96. The van der Waals surface area contributed by atoms with Crippen molar-refractivity contribution in [1.29, 1.82) is 0 Å². The van der Waals surface area contributed by atoms with Gasteiger partial charge in [0.15, 0.2) is 0 Å². The van der Waals surface area contributed by atoms with Gasteiger partial charge in [-0.3, -0.25) is 0 Å². The van der Waals surface area contributed by atoms with Gasteiger partial charge in [0.1, 0.15) is 5.82 Å². The number of hydrogen-bond acceptors (Lipinski definition) is 1.